The lowest BCUT2D eigenvalue weighted by Gasteiger charge is -2.27. The van der Waals surface area contributed by atoms with Crippen LogP contribution < -0.4 is 5.32 Å². The van der Waals surface area contributed by atoms with Crippen molar-refractivity contribution in [3.8, 4) is 0 Å². The third-order valence-corrected chi connectivity index (χ3v) is 4.51. The SMILES string of the molecule is Cc1sc(Cl)cc1NC(=O)[C@@H]1C[C@@H](F)CN1C(=O)OC(C)(C)C. The van der Waals surface area contributed by atoms with Crippen molar-refractivity contribution in [2.75, 3.05) is 11.9 Å². The van der Waals surface area contributed by atoms with E-state index in [1.165, 1.54) is 11.3 Å². The van der Waals surface area contributed by atoms with Gasteiger partial charge in [-0.1, -0.05) is 11.6 Å². The number of carbonyl (C=O) groups is 2. The Labute approximate surface area is 143 Å². The summed E-state index contributed by atoms with van der Waals surface area (Å²) in [4.78, 5) is 26.6. The van der Waals surface area contributed by atoms with Crippen molar-refractivity contribution in [1.82, 2.24) is 4.90 Å². The van der Waals surface area contributed by atoms with E-state index in [0.717, 1.165) is 9.78 Å². The fourth-order valence-corrected chi connectivity index (χ4v) is 3.49. The maximum Gasteiger partial charge on any atom is 0.411 e. The van der Waals surface area contributed by atoms with Gasteiger partial charge < -0.3 is 10.1 Å². The van der Waals surface area contributed by atoms with E-state index in [1.54, 1.807) is 26.8 Å². The fraction of sp³-hybridized carbons (Fsp3) is 0.600. The highest BCUT2D eigenvalue weighted by molar-refractivity contribution is 7.16. The van der Waals surface area contributed by atoms with Crippen LogP contribution in [-0.4, -0.2) is 41.3 Å². The molecule has 0 aliphatic carbocycles. The summed E-state index contributed by atoms with van der Waals surface area (Å²) in [7, 11) is 0. The Hall–Kier alpha value is -1.34. The smallest absolute Gasteiger partial charge is 0.411 e. The first-order chi connectivity index (χ1) is 10.6. The van der Waals surface area contributed by atoms with E-state index in [1.807, 2.05) is 6.92 Å². The van der Waals surface area contributed by atoms with Crippen molar-refractivity contribution in [2.45, 2.75) is 51.9 Å². The van der Waals surface area contributed by atoms with Crippen LogP contribution >= 0.6 is 22.9 Å². The Morgan fingerprint density at radius 2 is 2.13 bits per heavy atom. The van der Waals surface area contributed by atoms with E-state index in [9.17, 15) is 14.0 Å². The van der Waals surface area contributed by atoms with Crippen LogP contribution in [0.1, 0.15) is 32.1 Å². The van der Waals surface area contributed by atoms with Crippen LogP contribution in [-0.2, 0) is 9.53 Å². The van der Waals surface area contributed by atoms with E-state index in [4.69, 9.17) is 16.3 Å². The van der Waals surface area contributed by atoms with Gasteiger partial charge in [-0.05, 0) is 33.8 Å². The number of hydrogen-bond acceptors (Lipinski definition) is 4. The summed E-state index contributed by atoms with van der Waals surface area (Å²) in [6.07, 6.45) is -1.97. The minimum Gasteiger partial charge on any atom is -0.444 e. The number of alkyl halides is 1. The third kappa shape index (κ3) is 4.57. The summed E-state index contributed by atoms with van der Waals surface area (Å²) >= 11 is 7.25. The summed E-state index contributed by atoms with van der Waals surface area (Å²) in [5, 5.41) is 2.71. The number of rotatable bonds is 2. The van der Waals surface area contributed by atoms with E-state index in [-0.39, 0.29) is 13.0 Å². The molecule has 128 valence electrons. The Morgan fingerprint density at radius 1 is 1.48 bits per heavy atom. The third-order valence-electron chi connectivity index (χ3n) is 3.33. The second-order valence-electron chi connectivity index (χ2n) is 6.49. The quantitative estimate of drug-likeness (QED) is 0.865. The predicted molar refractivity (Wildman–Crippen MR) is 88.9 cm³/mol. The van der Waals surface area contributed by atoms with Crippen molar-refractivity contribution < 1.29 is 18.7 Å². The molecule has 0 bridgehead atoms. The molecule has 0 spiro atoms. The number of amides is 2. The molecule has 1 aliphatic rings. The van der Waals surface area contributed by atoms with E-state index < -0.39 is 29.8 Å². The molecule has 2 amide bonds. The number of carbonyl (C=O) groups excluding carboxylic acids is 2. The summed E-state index contributed by atoms with van der Waals surface area (Å²) in [6, 6.07) is 0.747. The number of likely N-dealkylation sites (tertiary alicyclic amines) is 1. The Morgan fingerprint density at radius 3 is 2.65 bits per heavy atom. The lowest BCUT2D eigenvalue weighted by Crippen LogP contribution is -2.45. The highest BCUT2D eigenvalue weighted by Gasteiger charge is 2.41. The first-order valence-electron chi connectivity index (χ1n) is 7.27. The topological polar surface area (TPSA) is 58.6 Å². The molecule has 1 aromatic heterocycles. The molecule has 2 rings (SSSR count). The Kier molecular flexibility index (Phi) is 5.20. The predicted octanol–water partition coefficient (Wildman–Crippen LogP) is 4.00. The second-order valence-corrected chi connectivity index (χ2v) is 8.38. The van der Waals surface area contributed by atoms with Crippen LogP contribution in [0.4, 0.5) is 14.9 Å². The first kappa shape index (κ1) is 18.0. The minimum absolute atomic E-state index is 0.0397. The number of halogens is 2. The molecular weight excluding hydrogens is 343 g/mol. The normalized spacial score (nSPS) is 21.4. The van der Waals surface area contributed by atoms with Gasteiger partial charge in [-0.3, -0.25) is 9.69 Å². The van der Waals surface area contributed by atoms with Crippen molar-refractivity contribution in [3.63, 3.8) is 0 Å². The summed E-state index contributed by atoms with van der Waals surface area (Å²) in [6.45, 7) is 6.85. The molecule has 0 aromatic carbocycles. The van der Waals surface area contributed by atoms with Crippen molar-refractivity contribution in [1.29, 1.82) is 0 Å². The van der Waals surface area contributed by atoms with E-state index in [0.29, 0.717) is 10.0 Å². The molecule has 0 saturated carbocycles. The maximum atomic E-state index is 13.8. The molecule has 1 saturated heterocycles. The van der Waals surface area contributed by atoms with Gasteiger partial charge in [0.25, 0.3) is 0 Å². The molecule has 2 heterocycles. The molecule has 8 heteroatoms. The first-order valence-corrected chi connectivity index (χ1v) is 8.47. The molecule has 2 atom stereocenters. The number of nitrogens with one attached hydrogen (secondary N) is 1. The van der Waals surface area contributed by atoms with Crippen LogP contribution in [0.5, 0.6) is 0 Å². The standard InChI is InChI=1S/C15H20ClFN2O3S/c1-8-10(6-12(16)23-8)18-13(20)11-5-9(17)7-19(11)14(21)22-15(2,3)4/h6,9,11H,5,7H2,1-4H3,(H,18,20)/t9-,11+/m1/s1. The monoisotopic (exact) mass is 362 g/mol. The number of anilines is 1. The molecule has 23 heavy (non-hydrogen) atoms. The molecule has 5 nitrogen and oxygen atoms in total. The van der Waals surface area contributed by atoms with Crippen molar-refractivity contribution in [3.05, 3.63) is 15.3 Å². The second kappa shape index (κ2) is 6.65. The highest BCUT2D eigenvalue weighted by atomic mass is 35.5. The zero-order valence-electron chi connectivity index (χ0n) is 13.5. The molecule has 0 radical (unpaired) electrons. The van der Waals surface area contributed by atoms with Gasteiger partial charge in [0.2, 0.25) is 5.91 Å². The highest BCUT2D eigenvalue weighted by Crippen LogP contribution is 2.31. The van der Waals surface area contributed by atoms with Gasteiger partial charge in [-0.15, -0.1) is 11.3 Å². The van der Waals surface area contributed by atoms with Crippen LogP contribution in [0.3, 0.4) is 0 Å². The van der Waals surface area contributed by atoms with Gasteiger partial charge >= 0.3 is 6.09 Å². The van der Waals surface area contributed by atoms with Gasteiger partial charge in [0.05, 0.1) is 16.6 Å². The lowest BCUT2D eigenvalue weighted by molar-refractivity contribution is -0.120. The maximum absolute atomic E-state index is 13.8. The molecule has 1 N–H and O–H groups in total. The Bertz CT molecular complexity index is 614. The summed E-state index contributed by atoms with van der Waals surface area (Å²) in [5.41, 5.74) is -0.124. The van der Waals surface area contributed by atoms with Crippen LogP contribution in [0, 0.1) is 6.92 Å². The summed E-state index contributed by atoms with van der Waals surface area (Å²) < 4.78 is 19.6. The van der Waals surface area contributed by atoms with Crippen LogP contribution in [0.15, 0.2) is 6.07 Å². The Balaban J connectivity index is 2.10. The number of aryl methyl sites for hydroxylation is 1. The van der Waals surface area contributed by atoms with E-state index >= 15 is 0 Å². The molecule has 0 unspecified atom stereocenters. The number of thiophene rings is 1. The lowest BCUT2D eigenvalue weighted by atomic mass is 10.2. The fourth-order valence-electron chi connectivity index (χ4n) is 2.34. The summed E-state index contributed by atoms with van der Waals surface area (Å²) in [5.74, 6) is -0.437. The number of ether oxygens (including phenoxy) is 1. The van der Waals surface area contributed by atoms with Gasteiger partial charge in [-0.2, -0.15) is 0 Å². The van der Waals surface area contributed by atoms with Crippen molar-refractivity contribution in [2.24, 2.45) is 0 Å². The molecule has 1 fully saturated rings. The molecular formula is C15H20ClFN2O3S. The average molecular weight is 363 g/mol. The average Bonchev–Trinajstić information content (AvgIpc) is 2.91. The van der Waals surface area contributed by atoms with Gasteiger partial charge in [0.15, 0.2) is 0 Å². The van der Waals surface area contributed by atoms with Gasteiger partial charge in [-0.25, -0.2) is 9.18 Å². The van der Waals surface area contributed by atoms with Gasteiger partial charge in [0, 0.05) is 11.3 Å². The number of nitrogens with zero attached hydrogens (tertiary/aromatic N) is 1. The van der Waals surface area contributed by atoms with Crippen LogP contribution in [0.25, 0.3) is 0 Å². The molecule has 1 aliphatic heterocycles. The zero-order valence-corrected chi connectivity index (χ0v) is 15.1. The largest absolute Gasteiger partial charge is 0.444 e. The zero-order chi connectivity index (χ0) is 17.4. The van der Waals surface area contributed by atoms with Crippen molar-refractivity contribution >= 4 is 40.6 Å². The molecule has 1 aromatic rings. The van der Waals surface area contributed by atoms with E-state index in [2.05, 4.69) is 5.32 Å². The number of hydrogen-bond donors (Lipinski definition) is 1. The van der Waals surface area contributed by atoms with Crippen LogP contribution in [0.2, 0.25) is 4.34 Å². The van der Waals surface area contributed by atoms with Gasteiger partial charge in [0.1, 0.15) is 17.8 Å². The minimum atomic E-state index is -1.24.